The molecule has 6 aromatic rings. The zero-order chi connectivity index (χ0) is 26.9. The molecule has 0 fully saturated rings. The molecule has 5 aromatic carbocycles. The molecule has 0 amide bonds. The standard InChI is InChI=1S/C25H20FNO2.C9H7N/c1-15-2-9-22-17(12-15)5-10-23-21-11-8-20(27(28)29)13-18(21)14-24(25(22)23)16-3-6-19(26)7-4-16;1-2-4-9-7-10-6-5-8(9)3-1/h3-8,10-11,13-15H,2,9,12H2,1H3;1-7H. The number of benzene rings is 5. The van der Waals surface area contributed by atoms with E-state index in [4.69, 9.17) is 0 Å². The van der Waals surface area contributed by atoms with Crippen molar-refractivity contribution in [2.45, 2.75) is 26.2 Å². The average molecular weight is 515 g/mol. The van der Waals surface area contributed by atoms with Gasteiger partial charge >= 0.3 is 0 Å². The van der Waals surface area contributed by atoms with Crippen LogP contribution in [0.3, 0.4) is 0 Å². The smallest absolute Gasteiger partial charge is 0.264 e. The SMILES string of the molecule is CC1CCc2c(ccc3c2c(-c2ccc(F)cc2)cc2cc([N+](=O)[O-])ccc23)C1.c1ccc2cnccc2c1. The van der Waals surface area contributed by atoms with Gasteiger partial charge in [0.25, 0.3) is 5.69 Å². The summed E-state index contributed by atoms with van der Waals surface area (Å²) in [4.78, 5) is 14.9. The Hall–Kier alpha value is -4.64. The van der Waals surface area contributed by atoms with E-state index in [2.05, 4.69) is 36.2 Å². The third-order valence-electron chi connectivity index (χ3n) is 7.68. The molecule has 1 aromatic heterocycles. The molecular formula is C34H27FN2O2. The lowest BCUT2D eigenvalue weighted by atomic mass is 9.80. The molecule has 0 saturated heterocycles. The van der Waals surface area contributed by atoms with Crippen LogP contribution >= 0.6 is 0 Å². The van der Waals surface area contributed by atoms with Crippen LogP contribution in [0.2, 0.25) is 0 Å². The molecule has 0 saturated carbocycles. The van der Waals surface area contributed by atoms with Crippen LogP contribution in [0.5, 0.6) is 0 Å². The number of nitrogens with zero attached hydrogens (tertiary/aromatic N) is 2. The fraction of sp³-hybridized carbons (Fsp3) is 0.147. The maximum atomic E-state index is 13.6. The first-order valence-corrected chi connectivity index (χ1v) is 13.2. The Morgan fingerprint density at radius 1 is 0.872 bits per heavy atom. The van der Waals surface area contributed by atoms with E-state index in [1.54, 1.807) is 24.3 Å². The second-order valence-electron chi connectivity index (χ2n) is 10.3. The van der Waals surface area contributed by atoms with Crippen molar-refractivity contribution in [1.29, 1.82) is 0 Å². The van der Waals surface area contributed by atoms with E-state index in [9.17, 15) is 14.5 Å². The highest BCUT2D eigenvalue weighted by atomic mass is 19.1. The Labute approximate surface area is 225 Å². The molecule has 1 heterocycles. The Kier molecular flexibility index (Phi) is 6.49. The zero-order valence-corrected chi connectivity index (χ0v) is 21.6. The molecule has 1 aliphatic rings. The number of fused-ring (bicyclic) bond motifs is 6. The van der Waals surface area contributed by atoms with Crippen molar-refractivity contribution >= 4 is 38.0 Å². The number of halogens is 1. The van der Waals surface area contributed by atoms with Crippen molar-refractivity contribution < 1.29 is 9.31 Å². The molecule has 0 radical (unpaired) electrons. The van der Waals surface area contributed by atoms with E-state index in [0.29, 0.717) is 5.92 Å². The maximum Gasteiger partial charge on any atom is 0.270 e. The van der Waals surface area contributed by atoms with Gasteiger partial charge in [0.1, 0.15) is 5.82 Å². The summed E-state index contributed by atoms with van der Waals surface area (Å²) < 4.78 is 13.6. The Morgan fingerprint density at radius 2 is 1.64 bits per heavy atom. The van der Waals surface area contributed by atoms with Crippen molar-refractivity contribution in [2.24, 2.45) is 5.92 Å². The summed E-state index contributed by atoms with van der Waals surface area (Å²) in [6.07, 6.45) is 6.90. The monoisotopic (exact) mass is 514 g/mol. The quantitative estimate of drug-likeness (QED) is 0.132. The molecule has 1 unspecified atom stereocenters. The lowest BCUT2D eigenvalue weighted by Gasteiger charge is -2.25. The maximum absolute atomic E-state index is 13.6. The summed E-state index contributed by atoms with van der Waals surface area (Å²) in [7, 11) is 0. The molecule has 0 N–H and O–H groups in total. The van der Waals surface area contributed by atoms with Crippen LogP contribution in [0.1, 0.15) is 24.5 Å². The molecule has 0 spiro atoms. The van der Waals surface area contributed by atoms with Gasteiger partial charge in [-0.3, -0.25) is 15.1 Å². The molecule has 39 heavy (non-hydrogen) atoms. The van der Waals surface area contributed by atoms with E-state index >= 15 is 0 Å². The zero-order valence-electron chi connectivity index (χ0n) is 21.6. The van der Waals surface area contributed by atoms with Crippen LogP contribution in [0.4, 0.5) is 10.1 Å². The van der Waals surface area contributed by atoms with Gasteiger partial charge in [-0.05, 0) is 110 Å². The normalized spacial score (nSPS) is 14.6. The molecular weight excluding hydrogens is 487 g/mol. The molecule has 0 bridgehead atoms. The van der Waals surface area contributed by atoms with Gasteiger partial charge in [-0.25, -0.2) is 4.39 Å². The van der Waals surface area contributed by atoms with Gasteiger partial charge in [0.15, 0.2) is 0 Å². The van der Waals surface area contributed by atoms with Crippen LogP contribution in [-0.4, -0.2) is 9.91 Å². The second kappa shape index (κ2) is 10.3. The van der Waals surface area contributed by atoms with Crippen LogP contribution in [-0.2, 0) is 12.8 Å². The predicted molar refractivity (Wildman–Crippen MR) is 156 cm³/mol. The van der Waals surface area contributed by atoms with Gasteiger partial charge < -0.3 is 0 Å². The number of hydrogen-bond acceptors (Lipinski definition) is 3. The van der Waals surface area contributed by atoms with Crippen LogP contribution in [0.15, 0.2) is 103 Å². The molecule has 192 valence electrons. The fourth-order valence-electron chi connectivity index (χ4n) is 5.71. The van der Waals surface area contributed by atoms with E-state index in [1.165, 1.54) is 39.4 Å². The summed E-state index contributed by atoms with van der Waals surface area (Å²) in [6.45, 7) is 2.29. The molecule has 5 heteroatoms. The van der Waals surface area contributed by atoms with E-state index in [-0.39, 0.29) is 16.4 Å². The van der Waals surface area contributed by atoms with Crippen LogP contribution in [0, 0.1) is 21.8 Å². The minimum Gasteiger partial charge on any atom is -0.264 e. The Bertz CT molecular complexity index is 1780. The van der Waals surface area contributed by atoms with Gasteiger partial charge in [0.2, 0.25) is 0 Å². The fourth-order valence-corrected chi connectivity index (χ4v) is 5.71. The predicted octanol–water partition coefficient (Wildman–Crippen LogP) is 9.07. The Balaban J connectivity index is 0.000000231. The number of aryl methyl sites for hydroxylation is 1. The summed E-state index contributed by atoms with van der Waals surface area (Å²) in [5.41, 5.74) is 4.76. The van der Waals surface area contributed by atoms with Crippen molar-refractivity contribution in [3.8, 4) is 11.1 Å². The molecule has 7 rings (SSSR count). The van der Waals surface area contributed by atoms with Gasteiger partial charge in [-0.2, -0.15) is 0 Å². The van der Waals surface area contributed by atoms with Crippen LogP contribution < -0.4 is 0 Å². The highest BCUT2D eigenvalue weighted by Gasteiger charge is 2.21. The topological polar surface area (TPSA) is 56.0 Å². The third-order valence-corrected chi connectivity index (χ3v) is 7.68. The lowest BCUT2D eigenvalue weighted by molar-refractivity contribution is -0.384. The first-order chi connectivity index (χ1) is 19.0. The highest BCUT2D eigenvalue weighted by Crippen LogP contribution is 2.41. The summed E-state index contributed by atoms with van der Waals surface area (Å²) in [5.74, 6) is 0.391. The van der Waals surface area contributed by atoms with E-state index in [0.717, 1.165) is 46.5 Å². The van der Waals surface area contributed by atoms with Gasteiger partial charge in [-0.1, -0.05) is 55.5 Å². The summed E-state index contributed by atoms with van der Waals surface area (Å²) >= 11 is 0. The third kappa shape index (κ3) is 4.84. The highest BCUT2D eigenvalue weighted by molar-refractivity contribution is 6.15. The lowest BCUT2D eigenvalue weighted by Crippen LogP contribution is -2.12. The number of non-ortho nitro benzene ring substituents is 1. The van der Waals surface area contributed by atoms with E-state index in [1.807, 2.05) is 42.7 Å². The van der Waals surface area contributed by atoms with Crippen molar-refractivity contribution in [3.63, 3.8) is 0 Å². The number of pyridine rings is 1. The van der Waals surface area contributed by atoms with E-state index < -0.39 is 0 Å². The minimum absolute atomic E-state index is 0.0775. The van der Waals surface area contributed by atoms with Gasteiger partial charge in [-0.15, -0.1) is 0 Å². The Morgan fingerprint density at radius 3 is 2.41 bits per heavy atom. The second-order valence-corrected chi connectivity index (χ2v) is 10.3. The molecule has 1 atom stereocenters. The number of hydrogen-bond donors (Lipinski definition) is 0. The number of nitro benzene ring substituents is 1. The van der Waals surface area contributed by atoms with Crippen molar-refractivity contribution in [2.75, 3.05) is 0 Å². The van der Waals surface area contributed by atoms with Crippen LogP contribution in [0.25, 0.3) is 43.4 Å². The largest absolute Gasteiger partial charge is 0.270 e. The molecule has 1 aliphatic carbocycles. The molecule has 4 nitrogen and oxygen atoms in total. The summed E-state index contributed by atoms with van der Waals surface area (Å²) in [6, 6.07) is 28.1. The number of rotatable bonds is 2. The van der Waals surface area contributed by atoms with Gasteiger partial charge in [0.05, 0.1) is 4.92 Å². The minimum atomic E-state index is -0.366. The average Bonchev–Trinajstić information content (AvgIpc) is 2.96. The van der Waals surface area contributed by atoms with Gasteiger partial charge in [0, 0.05) is 24.5 Å². The first-order valence-electron chi connectivity index (χ1n) is 13.2. The number of nitro groups is 1. The van der Waals surface area contributed by atoms with Crippen molar-refractivity contribution in [1.82, 2.24) is 4.98 Å². The van der Waals surface area contributed by atoms with Crippen molar-refractivity contribution in [3.05, 3.63) is 130 Å². The summed E-state index contributed by atoms with van der Waals surface area (Å²) in [5, 5.41) is 17.9. The number of aromatic nitrogens is 1. The first kappa shape index (κ1) is 24.7. The molecule has 0 aliphatic heterocycles.